The van der Waals surface area contributed by atoms with Gasteiger partial charge in [-0.05, 0) is 148 Å². The Morgan fingerprint density at radius 3 is 0.783 bits per heavy atom. The molecular weight excluding hydrogens is 1020 g/mol. The minimum Gasteiger partial charge on any atom is -0.462 e. The van der Waals surface area contributed by atoms with Crippen LogP contribution in [0.1, 0.15) is 278 Å². The Bertz CT molecular complexity index is 1890. The van der Waals surface area contributed by atoms with Gasteiger partial charge in [0.15, 0.2) is 6.10 Å². The number of allylic oxidation sites excluding steroid dienone is 28. The van der Waals surface area contributed by atoms with E-state index in [4.69, 9.17) is 14.2 Å². The van der Waals surface area contributed by atoms with Gasteiger partial charge < -0.3 is 14.2 Å². The summed E-state index contributed by atoms with van der Waals surface area (Å²) in [6.07, 6.45) is 102. The summed E-state index contributed by atoms with van der Waals surface area (Å²) in [6, 6.07) is 0. The Morgan fingerprint density at radius 2 is 0.482 bits per heavy atom. The van der Waals surface area contributed by atoms with Crippen molar-refractivity contribution in [3.05, 3.63) is 170 Å². The molecule has 0 aliphatic heterocycles. The Hall–Kier alpha value is -5.23. The predicted molar refractivity (Wildman–Crippen MR) is 361 cm³/mol. The van der Waals surface area contributed by atoms with Crippen LogP contribution in [0.25, 0.3) is 0 Å². The quantitative estimate of drug-likeness (QED) is 0.0261. The fraction of sp³-hybridized carbons (Fsp3) is 0.597. The maximum Gasteiger partial charge on any atom is 0.306 e. The van der Waals surface area contributed by atoms with E-state index in [-0.39, 0.29) is 37.5 Å². The predicted octanol–water partition coefficient (Wildman–Crippen LogP) is 23.4. The van der Waals surface area contributed by atoms with E-state index in [0.717, 1.165) is 148 Å². The monoisotopic (exact) mass is 1140 g/mol. The average molecular weight is 1140 g/mol. The summed E-state index contributed by atoms with van der Waals surface area (Å²) in [5, 5.41) is 0. The molecule has 0 spiro atoms. The first-order valence-electron chi connectivity index (χ1n) is 33.6. The van der Waals surface area contributed by atoms with Crippen LogP contribution in [0.4, 0.5) is 0 Å². The van der Waals surface area contributed by atoms with Crippen LogP contribution in [0.3, 0.4) is 0 Å². The number of carbonyl (C=O) groups excluding carboxylic acids is 3. The third-order valence-electron chi connectivity index (χ3n) is 13.7. The average Bonchev–Trinajstić information content (AvgIpc) is 3.49. The molecule has 0 amide bonds. The van der Waals surface area contributed by atoms with Crippen molar-refractivity contribution >= 4 is 17.9 Å². The van der Waals surface area contributed by atoms with Crippen LogP contribution in [0.5, 0.6) is 0 Å². The second-order valence-electron chi connectivity index (χ2n) is 21.6. The Morgan fingerprint density at radius 1 is 0.253 bits per heavy atom. The first-order valence-corrected chi connectivity index (χ1v) is 33.6. The van der Waals surface area contributed by atoms with Crippen LogP contribution in [-0.2, 0) is 28.6 Å². The topological polar surface area (TPSA) is 78.9 Å². The molecule has 0 bridgehead atoms. The molecule has 0 fully saturated rings. The smallest absolute Gasteiger partial charge is 0.306 e. The molecule has 0 aliphatic carbocycles. The van der Waals surface area contributed by atoms with Gasteiger partial charge in [-0.1, -0.05) is 281 Å². The minimum absolute atomic E-state index is 0.115. The normalized spacial score (nSPS) is 13.2. The highest BCUT2D eigenvalue weighted by molar-refractivity contribution is 5.71. The van der Waals surface area contributed by atoms with Crippen molar-refractivity contribution in [3.8, 4) is 0 Å². The van der Waals surface area contributed by atoms with Gasteiger partial charge in [-0.2, -0.15) is 0 Å². The lowest BCUT2D eigenvalue weighted by molar-refractivity contribution is -0.167. The van der Waals surface area contributed by atoms with Crippen LogP contribution < -0.4 is 0 Å². The molecule has 1 atom stereocenters. The summed E-state index contributed by atoms with van der Waals surface area (Å²) in [6.45, 7) is 6.35. The van der Waals surface area contributed by atoms with Gasteiger partial charge in [0.1, 0.15) is 13.2 Å². The van der Waals surface area contributed by atoms with E-state index in [1.165, 1.54) is 83.5 Å². The molecule has 0 N–H and O–H groups in total. The molecular formula is C77H122O6. The summed E-state index contributed by atoms with van der Waals surface area (Å²) in [7, 11) is 0. The van der Waals surface area contributed by atoms with E-state index < -0.39 is 6.10 Å². The lowest BCUT2D eigenvalue weighted by Crippen LogP contribution is -2.30. The molecule has 83 heavy (non-hydrogen) atoms. The van der Waals surface area contributed by atoms with Gasteiger partial charge in [-0.3, -0.25) is 14.4 Å². The van der Waals surface area contributed by atoms with Gasteiger partial charge in [0.05, 0.1) is 0 Å². The van der Waals surface area contributed by atoms with E-state index in [1.54, 1.807) is 0 Å². The summed E-state index contributed by atoms with van der Waals surface area (Å²) in [5.41, 5.74) is 0. The second-order valence-corrected chi connectivity index (χ2v) is 21.6. The highest BCUT2D eigenvalue weighted by Crippen LogP contribution is 2.14. The Balaban J connectivity index is 4.50. The number of esters is 3. The molecule has 6 heteroatoms. The Kier molecular flexibility index (Phi) is 64.9. The van der Waals surface area contributed by atoms with Crippen molar-refractivity contribution in [3.63, 3.8) is 0 Å². The highest BCUT2D eigenvalue weighted by Gasteiger charge is 2.19. The molecule has 466 valence electrons. The number of ether oxygens (including phenoxy) is 3. The molecule has 0 aromatic rings. The van der Waals surface area contributed by atoms with Crippen molar-refractivity contribution < 1.29 is 28.6 Å². The zero-order valence-electron chi connectivity index (χ0n) is 53.4. The lowest BCUT2D eigenvalue weighted by Gasteiger charge is -2.18. The zero-order valence-corrected chi connectivity index (χ0v) is 53.4. The van der Waals surface area contributed by atoms with Crippen LogP contribution in [0, 0.1) is 0 Å². The standard InChI is InChI=1S/C77H122O6/c1-4-7-10-13-16-19-22-25-28-30-32-34-36-37-38-39-41-42-44-46-49-52-55-58-61-64-67-70-76(79)82-73-74(72-81-75(78)69-66-63-60-57-54-51-48-27-24-21-18-15-12-9-6-3)83-77(80)71-68-65-62-59-56-53-50-47-45-43-40-35-33-31-29-26-23-20-17-14-11-8-5-2/h7-8,10-11,16-17,19-20,25-29,32-35,37-38,41-43,45,48,50,53,59,62,74H,4-6,9,12-15,18,21-24,30-31,36,39-40,44,46-47,49,51-52,54-58,60-61,63-73H2,1-3H3/b10-7-,11-8-,19-16-,20-17-,28-25-,29-26-,34-32-,35-33-,38-37-,42-41-,45-43-,48-27-,53-50-,62-59-. The minimum atomic E-state index is -0.826. The van der Waals surface area contributed by atoms with Gasteiger partial charge in [0, 0.05) is 19.3 Å². The molecule has 6 nitrogen and oxygen atoms in total. The van der Waals surface area contributed by atoms with E-state index in [0.29, 0.717) is 19.3 Å². The first kappa shape index (κ1) is 77.8. The zero-order chi connectivity index (χ0) is 59.9. The number of carbonyl (C=O) groups is 3. The summed E-state index contributed by atoms with van der Waals surface area (Å²) < 4.78 is 16.9. The van der Waals surface area contributed by atoms with E-state index in [1.807, 2.05) is 0 Å². The molecule has 0 aromatic heterocycles. The molecule has 1 unspecified atom stereocenters. The maximum absolute atomic E-state index is 12.9. The number of rotatable bonds is 59. The van der Waals surface area contributed by atoms with Crippen LogP contribution in [-0.4, -0.2) is 37.2 Å². The molecule has 0 aliphatic rings. The highest BCUT2D eigenvalue weighted by atomic mass is 16.6. The molecule has 0 radical (unpaired) electrons. The molecule has 0 saturated carbocycles. The fourth-order valence-electron chi connectivity index (χ4n) is 8.72. The first-order chi connectivity index (χ1) is 41.0. The largest absolute Gasteiger partial charge is 0.462 e. The molecule has 0 aromatic carbocycles. The third-order valence-corrected chi connectivity index (χ3v) is 13.7. The van der Waals surface area contributed by atoms with Crippen molar-refractivity contribution in [2.75, 3.05) is 13.2 Å². The van der Waals surface area contributed by atoms with Gasteiger partial charge in [-0.15, -0.1) is 0 Å². The maximum atomic E-state index is 12.9. The summed E-state index contributed by atoms with van der Waals surface area (Å²) >= 11 is 0. The van der Waals surface area contributed by atoms with Crippen molar-refractivity contribution in [1.82, 2.24) is 0 Å². The van der Waals surface area contributed by atoms with Gasteiger partial charge in [0.2, 0.25) is 0 Å². The number of unbranched alkanes of at least 4 members (excludes halogenated alkanes) is 20. The Labute approximate surface area is 511 Å². The van der Waals surface area contributed by atoms with Gasteiger partial charge in [0.25, 0.3) is 0 Å². The van der Waals surface area contributed by atoms with Gasteiger partial charge >= 0.3 is 17.9 Å². The lowest BCUT2D eigenvalue weighted by atomic mass is 10.1. The summed E-state index contributed by atoms with van der Waals surface area (Å²) in [4.78, 5) is 38.4. The van der Waals surface area contributed by atoms with E-state index in [2.05, 4.69) is 191 Å². The van der Waals surface area contributed by atoms with Crippen molar-refractivity contribution in [1.29, 1.82) is 0 Å². The van der Waals surface area contributed by atoms with Crippen LogP contribution in [0.15, 0.2) is 170 Å². The number of hydrogen-bond donors (Lipinski definition) is 0. The molecule has 0 heterocycles. The van der Waals surface area contributed by atoms with Crippen LogP contribution >= 0.6 is 0 Å². The van der Waals surface area contributed by atoms with Gasteiger partial charge in [-0.25, -0.2) is 0 Å². The fourth-order valence-corrected chi connectivity index (χ4v) is 8.72. The van der Waals surface area contributed by atoms with Crippen molar-refractivity contribution in [2.45, 2.75) is 284 Å². The SMILES string of the molecule is CC/C=C\C/C=C\C/C=C\C/C=C\C/C=C\C/C=C\C/C=C\CCCC(=O)OC(COC(=O)CCCCCCC/C=C\CCCCCCCC)COC(=O)CCCCCCCCCC/C=C\C/C=C\C/C=C\C/C=C\C/C=C\C/C=C\CC. The van der Waals surface area contributed by atoms with E-state index in [9.17, 15) is 14.4 Å². The molecule has 0 saturated heterocycles. The van der Waals surface area contributed by atoms with Crippen molar-refractivity contribution in [2.24, 2.45) is 0 Å². The number of hydrogen-bond acceptors (Lipinski definition) is 6. The van der Waals surface area contributed by atoms with E-state index >= 15 is 0 Å². The second kappa shape index (κ2) is 69.3. The van der Waals surface area contributed by atoms with Crippen LogP contribution in [0.2, 0.25) is 0 Å². The third kappa shape index (κ3) is 67.4. The molecule has 0 rings (SSSR count). The summed E-state index contributed by atoms with van der Waals surface area (Å²) in [5.74, 6) is -0.993.